The van der Waals surface area contributed by atoms with Gasteiger partial charge in [-0.2, -0.15) is 9.30 Å². The number of piperidine rings is 1. The number of methoxy groups -OCH3 is 1. The van der Waals surface area contributed by atoms with E-state index in [1.54, 1.807) is 43.7 Å². The summed E-state index contributed by atoms with van der Waals surface area (Å²) in [6, 6.07) is 8.59. The number of aromatic nitrogens is 1. The minimum absolute atomic E-state index is 0.262. The standard InChI is InChI=1S/C23H27N3O6S3/c1-3-32-22(28)17-6-7-18-19(15-17)34-23(26(18)12-13-31-2)24-21(27)16-8-10-25(11-9-16)35(29,30)20-5-4-14-33-20/h4-7,14-16H,3,8-13H2,1-2H3. The van der Waals surface area contributed by atoms with Gasteiger partial charge in [-0.05, 0) is 49.4 Å². The van der Waals surface area contributed by atoms with E-state index in [1.807, 2.05) is 10.6 Å². The molecule has 0 bridgehead atoms. The number of hydrogen-bond donors (Lipinski definition) is 0. The second-order valence-electron chi connectivity index (χ2n) is 7.99. The van der Waals surface area contributed by atoms with E-state index < -0.39 is 16.0 Å². The Morgan fingerprint density at radius 3 is 2.63 bits per heavy atom. The van der Waals surface area contributed by atoms with E-state index >= 15 is 0 Å². The van der Waals surface area contributed by atoms with Gasteiger partial charge in [-0.15, -0.1) is 11.3 Å². The Hall–Kier alpha value is -2.38. The maximum absolute atomic E-state index is 13.1. The van der Waals surface area contributed by atoms with Gasteiger partial charge < -0.3 is 14.0 Å². The quantitative estimate of drug-likeness (QED) is 0.409. The first kappa shape index (κ1) is 25.7. The topological polar surface area (TPSA) is 107 Å². The van der Waals surface area contributed by atoms with Crippen LogP contribution in [0.2, 0.25) is 0 Å². The molecule has 0 unspecified atom stereocenters. The summed E-state index contributed by atoms with van der Waals surface area (Å²) in [5, 5.41) is 1.74. The summed E-state index contributed by atoms with van der Waals surface area (Å²) in [4.78, 5) is 30.2. The fraction of sp³-hybridized carbons (Fsp3) is 0.435. The average molecular weight is 538 g/mol. The highest BCUT2D eigenvalue weighted by molar-refractivity contribution is 7.91. The molecule has 4 rings (SSSR count). The SMILES string of the molecule is CCOC(=O)c1ccc2c(c1)sc(=NC(=O)C1CCN(S(=O)(=O)c3cccs3)CC1)n2CCOC. The summed E-state index contributed by atoms with van der Waals surface area (Å²) >= 11 is 2.52. The van der Waals surface area contributed by atoms with Crippen LogP contribution in [0.15, 0.2) is 44.9 Å². The molecular weight excluding hydrogens is 510 g/mol. The third-order valence-corrected chi connectivity index (χ3v) is 10.1. The first-order valence-electron chi connectivity index (χ1n) is 11.3. The summed E-state index contributed by atoms with van der Waals surface area (Å²) in [5.74, 6) is -1.01. The minimum atomic E-state index is -3.52. The zero-order chi connectivity index (χ0) is 25.0. The Kier molecular flexibility index (Phi) is 8.17. The molecule has 0 N–H and O–H groups in total. The van der Waals surface area contributed by atoms with Crippen LogP contribution >= 0.6 is 22.7 Å². The molecule has 188 valence electrons. The van der Waals surface area contributed by atoms with Crippen LogP contribution < -0.4 is 4.80 Å². The number of carbonyl (C=O) groups is 2. The Labute approximate surface area is 211 Å². The molecule has 1 aliphatic rings. The maximum atomic E-state index is 13.1. The van der Waals surface area contributed by atoms with Gasteiger partial charge in [0.25, 0.3) is 15.9 Å². The van der Waals surface area contributed by atoms with Crippen LogP contribution in [0.4, 0.5) is 0 Å². The number of benzene rings is 1. The summed E-state index contributed by atoms with van der Waals surface area (Å²) < 4.78 is 40.3. The fourth-order valence-corrected chi connectivity index (χ4v) is 7.68. The number of sulfonamides is 1. The van der Waals surface area contributed by atoms with E-state index in [9.17, 15) is 18.0 Å². The molecule has 12 heteroatoms. The first-order chi connectivity index (χ1) is 16.8. The molecule has 0 aliphatic carbocycles. The minimum Gasteiger partial charge on any atom is -0.462 e. The highest BCUT2D eigenvalue weighted by atomic mass is 32.2. The molecule has 1 saturated heterocycles. The monoisotopic (exact) mass is 537 g/mol. The van der Waals surface area contributed by atoms with Crippen molar-refractivity contribution in [1.82, 2.24) is 8.87 Å². The highest BCUT2D eigenvalue weighted by Crippen LogP contribution is 2.27. The third kappa shape index (κ3) is 5.56. The first-order valence-corrected chi connectivity index (χ1v) is 14.4. The van der Waals surface area contributed by atoms with Crippen LogP contribution in [0.3, 0.4) is 0 Å². The number of carbonyl (C=O) groups excluding carboxylic acids is 2. The lowest BCUT2D eigenvalue weighted by Crippen LogP contribution is -2.40. The van der Waals surface area contributed by atoms with Crippen LogP contribution in [-0.4, -0.2) is 62.6 Å². The number of amides is 1. The lowest BCUT2D eigenvalue weighted by Gasteiger charge is -2.29. The molecular formula is C23H27N3O6S3. The van der Waals surface area contributed by atoms with Crippen LogP contribution in [0.5, 0.6) is 0 Å². The molecule has 9 nitrogen and oxygen atoms in total. The number of fused-ring (bicyclic) bond motifs is 1. The molecule has 2 aromatic heterocycles. The second-order valence-corrected chi connectivity index (χ2v) is 12.1. The van der Waals surface area contributed by atoms with Crippen molar-refractivity contribution in [3.05, 3.63) is 46.1 Å². The van der Waals surface area contributed by atoms with E-state index in [0.29, 0.717) is 40.6 Å². The van der Waals surface area contributed by atoms with Gasteiger partial charge in [-0.3, -0.25) is 4.79 Å². The van der Waals surface area contributed by atoms with Crippen molar-refractivity contribution >= 4 is 54.8 Å². The van der Waals surface area contributed by atoms with Crippen molar-refractivity contribution in [3.63, 3.8) is 0 Å². The number of esters is 1. The lowest BCUT2D eigenvalue weighted by molar-refractivity contribution is -0.122. The van der Waals surface area contributed by atoms with E-state index in [2.05, 4.69) is 4.99 Å². The lowest BCUT2D eigenvalue weighted by atomic mass is 9.98. The molecule has 3 heterocycles. The molecule has 1 fully saturated rings. The summed E-state index contributed by atoms with van der Waals surface area (Å²) in [7, 11) is -1.92. The molecule has 1 aromatic carbocycles. The van der Waals surface area contributed by atoms with Crippen molar-refractivity contribution in [2.24, 2.45) is 10.9 Å². The van der Waals surface area contributed by atoms with Crippen LogP contribution in [0.25, 0.3) is 10.2 Å². The van der Waals surface area contributed by atoms with E-state index in [-0.39, 0.29) is 31.5 Å². The van der Waals surface area contributed by atoms with Crippen molar-refractivity contribution in [2.45, 2.75) is 30.5 Å². The number of thiazole rings is 1. The maximum Gasteiger partial charge on any atom is 0.338 e. The predicted molar refractivity (Wildman–Crippen MR) is 134 cm³/mol. The van der Waals surface area contributed by atoms with Crippen molar-refractivity contribution in [1.29, 1.82) is 0 Å². The molecule has 35 heavy (non-hydrogen) atoms. The molecule has 0 spiro atoms. The van der Waals surface area contributed by atoms with Crippen molar-refractivity contribution in [2.75, 3.05) is 33.4 Å². The third-order valence-electron chi connectivity index (χ3n) is 5.81. The molecule has 1 aliphatic heterocycles. The second kappa shape index (κ2) is 11.1. The molecule has 1 amide bonds. The normalized spacial score (nSPS) is 16.1. The molecule has 3 aromatic rings. The Morgan fingerprint density at radius 1 is 1.20 bits per heavy atom. The Morgan fingerprint density at radius 2 is 1.97 bits per heavy atom. The van der Waals surface area contributed by atoms with E-state index in [0.717, 1.165) is 10.2 Å². The van der Waals surface area contributed by atoms with Gasteiger partial charge in [0.15, 0.2) is 4.80 Å². The smallest absolute Gasteiger partial charge is 0.338 e. The predicted octanol–water partition coefficient (Wildman–Crippen LogP) is 3.12. The number of rotatable bonds is 8. The van der Waals surface area contributed by atoms with Gasteiger partial charge in [-0.1, -0.05) is 17.4 Å². The summed E-state index contributed by atoms with van der Waals surface area (Å²) in [6.45, 7) is 3.55. The van der Waals surface area contributed by atoms with Gasteiger partial charge >= 0.3 is 5.97 Å². The summed E-state index contributed by atoms with van der Waals surface area (Å²) in [5.41, 5.74) is 1.29. The Bertz CT molecular complexity index is 1370. The Balaban J connectivity index is 1.56. The number of nitrogens with zero attached hydrogens (tertiary/aromatic N) is 3. The van der Waals surface area contributed by atoms with Crippen molar-refractivity contribution in [3.8, 4) is 0 Å². The number of thiophene rings is 1. The van der Waals surface area contributed by atoms with Crippen LogP contribution in [0, 0.1) is 5.92 Å². The average Bonchev–Trinajstić information content (AvgIpc) is 3.51. The van der Waals surface area contributed by atoms with Gasteiger partial charge in [-0.25, -0.2) is 13.2 Å². The molecule has 0 radical (unpaired) electrons. The van der Waals surface area contributed by atoms with Gasteiger partial charge in [0.05, 0.1) is 29.0 Å². The van der Waals surface area contributed by atoms with Gasteiger partial charge in [0, 0.05) is 32.7 Å². The van der Waals surface area contributed by atoms with Crippen molar-refractivity contribution < 1.29 is 27.5 Å². The number of hydrogen-bond acceptors (Lipinski definition) is 8. The van der Waals surface area contributed by atoms with E-state index in [4.69, 9.17) is 9.47 Å². The number of ether oxygens (including phenoxy) is 2. The molecule has 0 saturated carbocycles. The highest BCUT2D eigenvalue weighted by Gasteiger charge is 2.32. The fourth-order valence-electron chi connectivity index (χ4n) is 3.96. The zero-order valence-electron chi connectivity index (χ0n) is 19.5. The van der Waals surface area contributed by atoms with E-state index in [1.165, 1.54) is 27.0 Å². The molecule has 0 atom stereocenters. The van der Waals surface area contributed by atoms with Crippen LogP contribution in [-0.2, 0) is 30.8 Å². The zero-order valence-corrected chi connectivity index (χ0v) is 22.0. The van der Waals surface area contributed by atoms with Gasteiger partial charge in [0.2, 0.25) is 0 Å². The van der Waals surface area contributed by atoms with Gasteiger partial charge in [0.1, 0.15) is 4.21 Å². The largest absolute Gasteiger partial charge is 0.462 e. The summed E-state index contributed by atoms with van der Waals surface area (Å²) in [6.07, 6.45) is 0.839. The van der Waals surface area contributed by atoms with Crippen LogP contribution in [0.1, 0.15) is 30.1 Å².